The van der Waals surface area contributed by atoms with Crippen LogP contribution in [0.1, 0.15) is 79.1 Å². The van der Waals surface area contributed by atoms with Gasteiger partial charge in [-0.2, -0.15) is 0 Å². The molecular weight excluding hydrogens is 636 g/mol. The molecule has 11 heteroatoms. The number of carbonyl (C=O) groups excluding carboxylic acids is 2. The Hall–Kier alpha value is -3.67. The predicted octanol–water partition coefficient (Wildman–Crippen LogP) is 5.20. The van der Waals surface area contributed by atoms with Crippen molar-refractivity contribution in [3.63, 3.8) is 0 Å². The van der Waals surface area contributed by atoms with Crippen molar-refractivity contribution in [3.05, 3.63) is 106 Å². The summed E-state index contributed by atoms with van der Waals surface area (Å²) >= 11 is 0. The van der Waals surface area contributed by atoms with Gasteiger partial charge in [-0.25, -0.2) is 17.2 Å². The largest absolute Gasteiger partial charge is 0.390 e. The first-order chi connectivity index (χ1) is 22.8. The second-order valence-corrected chi connectivity index (χ2v) is 14.7. The first kappa shape index (κ1) is 38.8. The van der Waals surface area contributed by atoms with E-state index in [-0.39, 0.29) is 24.1 Å². The van der Waals surface area contributed by atoms with Crippen molar-refractivity contribution in [2.45, 2.75) is 96.2 Å². The molecule has 0 fully saturated rings. The van der Waals surface area contributed by atoms with Gasteiger partial charge in [0.15, 0.2) is 9.84 Å². The molecule has 3 rings (SSSR count). The number of sulfone groups is 1. The Morgan fingerprint density at radius 1 is 0.833 bits per heavy atom. The molecule has 1 unspecified atom stereocenters. The summed E-state index contributed by atoms with van der Waals surface area (Å²) in [6.07, 6.45) is 1.55. The highest BCUT2D eigenvalue weighted by atomic mass is 32.2. The Morgan fingerprint density at radius 2 is 1.48 bits per heavy atom. The highest BCUT2D eigenvalue weighted by Gasteiger charge is 2.34. The molecule has 0 aliphatic heterocycles. The van der Waals surface area contributed by atoms with Gasteiger partial charge in [0.1, 0.15) is 17.7 Å². The average Bonchev–Trinajstić information content (AvgIpc) is 3.03. The Morgan fingerprint density at radius 3 is 2.10 bits per heavy atom. The highest BCUT2D eigenvalue weighted by Crippen LogP contribution is 2.18. The molecule has 2 amide bonds. The van der Waals surface area contributed by atoms with E-state index in [0.29, 0.717) is 32.2 Å². The number of hydrogen-bond donors (Lipinski definition) is 4. The van der Waals surface area contributed by atoms with E-state index in [4.69, 9.17) is 0 Å². The van der Waals surface area contributed by atoms with Crippen LogP contribution in [0.4, 0.5) is 8.78 Å². The lowest BCUT2D eigenvalue weighted by molar-refractivity contribution is -0.124. The smallest absolute Gasteiger partial charge is 0.251 e. The topological polar surface area (TPSA) is 125 Å². The van der Waals surface area contributed by atoms with Gasteiger partial charge in [0, 0.05) is 24.7 Å². The van der Waals surface area contributed by atoms with Crippen LogP contribution in [0.25, 0.3) is 0 Å². The molecule has 0 bridgehead atoms. The number of aliphatic hydroxyl groups is 1. The summed E-state index contributed by atoms with van der Waals surface area (Å²) in [5, 5.41) is 19.1. The summed E-state index contributed by atoms with van der Waals surface area (Å²) in [5.41, 5.74) is 3.40. The van der Waals surface area contributed by atoms with E-state index in [2.05, 4.69) is 22.9 Å². The lowest BCUT2D eigenvalue weighted by Crippen LogP contribution is -2.57. The van der Waals surface area contributed by atoms with Gasteiger partial charge in [-0.15, -0.1) is 0 Å². The molecule has 8 nitrogen and oxygen atoms in total. The summed E-state index contributed by atoms with van der Waals surface area (Å²) in [5.74, 6) is -3.74. The molecule has 3 aromatic carbocycles. The van der Waals surface area contributed by atoms with Crippen LogP contribution in [0.5, 0.6) is 0 Å². The molecule has 0 saturated carbocycles. The van der Waals surface area contributed by atoms with Crippen LogP contribution in [0.2, 0.25) is 0 Å². The van der Waals surface area contributed by atoms with Crippen molar-refractivity contribution in [2.24, 2.45) is 0 Å². The van der Waals surface area contributed by atoms with Crippen LogP contribution in [-0.4, -0.2) is 61.1 Å². The summed E-state index contributed by atoms with van der Waals surface area (Å²) in [4.78, 5) is 27.2. The second-order valence-electron chi connectivity index (χ2n) is 12.4. The van der Waals surface area contributed by atoms with Gasteiger partial charge in [-0.1, -0.05) is 75.6 Å². The molecule has 0 aliphatic rings. The molecule has 0 saturated heterocycles. The number of nitrogens with one attached hydrogen (secondary N) is 3. The van der Waals surface area contributed by atoms with Crippen molar-refractivity contribution in [1.29, 1.82) is 0 Å². The van der Waals surface area contributed by atoms with E-state index in [1.807, 2.05) is 38.1 Å². The molecular formula is C37H49F2N3O5S. The van der Waals surface area contributed by atoms with Crippen molar-refractivity contribution >= 4 is 21.7 Å². The Kier molecular flexibility index (Phi) is 15.2. The van der Waals surface area contributed by atoms with E-state index in [1.54, 1.807) is 31.2 Å². The monoisotopic (exact) mass is 685 g/mol. The third kappa shape index (κ3) is 12.1. The third-order valence-corrected chi connectivity index (χ3v) is 10.6. The summed E-state index contributed by atoms with van der Waals surface area (Å²) in [7, 11) is -3.85. The fourth-order valence-electron chi connectivity index (χ4n) is 5.74. The summed E-state index contributed by atoms with van der Waals surface area (Å²) < 4.78 is 55.5. The van der Waals surface area contributed by atoms with E-state index in [1.165, 1.54) is 0 Å². The zero-order valence-corrected chi connectivity index (χ0v) is 29.1. The maximum Gasteiger partial charge on any atom is 0.251 e. The number of rotatable bonds is 19. The minimum Gasteiger partial charge on any atom is -0.390 e. The number of aliphatic hydroxyl groups excluding tert-OH is 1. The molecule has 0 spiro atoms. The van der Waals surface area contributed by atoms with Crippen molar-refractivity contribution in [2.75, 3.05) is 12.3 Å². The lowest BCUT2D eigenvalue weighted by atomic mass is 10.00. The number of amides is 2. The minimum absolute atomic E-state index is 0.00673. The van der Waals surface area contributed by atoms with Gasteiger partial charge in [-0.05, 0) is 73.6 Å². The minimum atomic E-state index is -3.85. The van der Waals surface area contributed by atoms with Gasteiger partial charge < -0.3 is 21.1 Å². The van der Waals surface area contributed by atoms with E-state index in [9.17, 15) is 31.9 Å². The predicted molar refractivity (Wildman–Crippen MR) is 185 cm³/mol. The number of carbonyl (C=O) groups is 2. The Labute approximate surface area is 283 Å². The first-order valence-electron chi connectivity index (χ1n) is 16.7. The molecule has 3 aromatic rings. The molecule has 48 heavy (non-hydrogen) atoms. The maximum absolute atomic E-state index is 14.1. The summed E-state index contributed by atoms with van der Waals surface area (Å²) in [6, 6.07) is 15.0. The molecule has 0 aliphatic carbocycles. The normalized spacial score (nSPS) is 13.6. The van der Waals surface area contributed by atoms with Crippen LogP contribution < -0.4 is 16.0 Å². The van der Waals surface area contributed by atoms with Crippen molar-refractivity contribution in [3.8, 4) is 0 Å². The van der Waals surface area contributed by atoms with Crippen molar-refractivity contribution < 1.29 is 31.9 Å². The summed E-state index contributed by atoms with van der Waals surface area (Å²) in [6.45, 7) is 8.06. The van der Waals surface area contributed by atoms with Gasteiger partial charge >= 0.3 is 0 Å². The number of benzene rings is 3. The quantitative estimate of drug-likeness (QED) is 0.138. The molecule has 0 heterocycles. The molecule has 262 valence electrons. The number of halogens is 2. The zero-order chi connectivity index (χ0) is 35.3. The van der Waals surface area contributed by atoms with E-state index >= 15 is 0 Å². The standard InChI is InChI=1S/C37H49F2N3O5S/c1-5-10-32(11-6-2)48(46,47)24-34(42-36(44)29-15-8-12-25(4)16-29)37(45)41-33(20-28-18-30(38)21-31(39)19-28)35(43)23-40-22-27-14-9-13-26(7-3)17-27/h8-9,12-19,21,32-35,40,43H,5-7,10-11,20,22-24H2,1-4H3,(H,41,45)(H,42,44)/t33-,34?,35+/m0/s1. The Bertz CT molecular complexity index is 1590. The van der Waals surface area contributed by atoms with Crippen LogP contribution in [-0.2, 0) is 34.0 Å². The van der Waals surface area contributed by atoms with Gasteiger partial charge in [-0.3, -0.25) is 9.59 Å². The Balaban J connectivity index is 1.89. The molecule has 0 aromatic heterocycles. The van der Waals surface area contributed by atoms with Crippen LogP contribution in [0.15, 0.2) is 66.7 Å². The SMILES string of the molecule is CCCC(CCC)S(=O)(=O)CC(NC(=O)c1cccc(C)c1)C(=O)N[C@@H](Cc1cc(F)cc(F)c1)[C@H](O)CNCc1cccc(CC)c1. The number of hydrogen-bond acceptors (Lipinski definition) is 6. The maximum atomic E-state index is 14.1. The van der Waals surface area contributed by atoms with Gasteiger partial charge in [0.2, 0.25) is 5.91 Å². The third-order valence-electron chi connectivity index (χ3n) is 8.28. The van der Waals surface area contributed by atoms with Crippen molar-refractivity contribution in [1.82, 2.24) is 16.0 Å². The molecule has 4 N–H and O–H groups in total. The molecule has 3 atom stereocenters. The first-order valence-corrected chi connectivity index (χ1v) is 18.4. The highest BCUT2D eigenvalue weighted by molar-refractivity contribution is 7.92. The second kappa shape index (κ2) is 18.8. The van der Waals surface area contributed by atoms with Crippen LogP contribution in [0, 0.1) is 18.6 Å². The number of aryl methyl sites for hydroxylation is 2. The van der Waals surface area contributed by atoms with Crippen LogP contribution >= 0.6 is 0 Å². The van der Waals surface area contributed by atoms with E-state index in [0.717, 1.165) is 41.3 Å². The lowest BCUT2D eigenvalue weighted by Gasteiger charge is -2.28. The fraction of sp³-hybridized carbons (Fsp3) is 0.459. The fourth-order valence-corrected chi connectivity index (χ4v) is 7.90. The molecule has 0 radical (unpaired) electrons. The van der Waals surface area contributed by atoms with Gasteiger partial charge in [0.25, 0.3) is 5.91 Å². The van der Waals surface area contributed by atoms with Crippen LogP contribution in [0.3, 0.4) is 0 Å². The average molecular weight is 686 g/mol. The zero-order valence-electron chi connectivity index (χ0n) is 28.3. The van der Waals surface area contributed by atoms with Gasteiger partial charge in [0.05, 0.1) is 23.1 Å². The van der Waals surface area contributed by atoms with E-state index < -0.39 is 62.5 Å².